The Morgan fingerprint density at radius 2 is 1.93 bits per heavy atom. The second kappa shape index (κ2) is 8.59. The molecule has 0 fully saturated rings. The van der Waals surface area contributed by atoms with Crippen molar-refractivity contribution >= 4 is 11.2 Å². The van der Waals surface area contributed by atoms with Gasteiger partial charge >= 0.3 is 5.69 Å². The van der Waals surface area contributed by atoms with Crippen molar-refractivity contribution in [2.24, 2.45) is 14.1 Å². The molecule has 0 aliphatic heterocycles. The number of aromatic nitrogens is 4. The van der Waals surface area contributed by atoms with Gasteiger partial charge in [0, 0.05) is 14.1 Å². The first-order valence-electron chi connectivity index (χ1n) is 8.71. The molecule has 1 unspecified atom stereocenters. The van der Waals surface area contributed by atoms with E-state index in [0.717, 1.165) is 15.7 Å². The average molecular weight is 410 g/mol. The van der Waals surface area contributed by atoms with Gasteiger partial charge in [-0.05, 0) is 30.2 Å². The van der Waals surface area contributed by atoms with Crippen LogP contribution in [0.1, 0.15) is 17.2 Å². The van der Waals surface area contributed by atoms with Gasteiger partial charge in [-0.25, -0.2) is 9.78 Å². The lowest BCUT2D eigenvalue weighted by Gasteiger charge is -2.12. The number of aliphatic hydroxyl groups is 1. The minimum Gasteiger partial charge on any atom is -1.00 e. The van der Waals surface area contributed by atoms with Crippen LogP contribution in [0.4, 0.5) is 0 Å². The molecule has 2 heterocycles. The van der Waals surface area contributed by atoms with Crippen LogP contribution in [0, 0.1) is 6.92 Å². The first-order valence-corrected chi connectivity index (χ1v) is 8.71. The minimum atomic E-state index is -0.655. The van der Waals surface area contributed by atoms with Crippen LogP contribution in [0.3, 0.4) is 0 Å². The maximum Gasteiger partial charge on any atom is 0.332 e. The van der Waals surface area contributed by atoms with E-state index in [-0.39, 0.29) is 23.7 Å². The van der Waals surface area contributed by atoms with Gasteiger partial charge < -0.3 is 32.5 Å². The molecule has 3 rings (SSSR count). The monoisotopic (exact) mass is 409 g/mol. The number of aromatic hydroxyl groups is 1. The Hall–Kier alpha value is -2.62. The molecule has 0 aliphatic rings. The molecule has 0 radical (unpaired) electrons. The van der Waals surface area contributed by atoms with Crippen LogP contribution in [0.15, 0.2) is 34.1 Å². The summed E-state index contributed by atoms with van der Waals surface area (Å²) in [4.78, 5) is 28.5. The number of hydrogen-bond donors (Lipinski definition) is 3. The van der Waals surface area contributed by atoms with Crippen molar-refractivity contribution in [3.63, 3.8) is 0 Å². The van der Waals surface area contributed by atoms with Gasteiger partial charge in [-0.1, -0.05) is 6.07 Å². The molecule has 0 aliphatic carbocycles. The molecule has 0 bridgehead atoms. The van der Waals surface area contributed by atoms with Crippen molar-refractivity contribution in [3.8, 4) is 5.75 Å². The molecule has 28 heavy (non-hydrogen) atoms. The minimum absolute atomic E-state index is 0. The smallest absolute Gasteiger partial charge is 0.332 e. The van der Waals surface area contributed by atoms with Crippen molar-refractivity contribution in [3.05, 3.63) is 56.5 Å². The van der Waals surface area contributed by atoms with Crippen molar-refractivity contribution in [2.45, 2.75) is 19.6 Å². The molecule has 1 aromatic carbocycles. The lowest BCUT2D eigenvalue weighted by atomic mass is 10.1. The molecule has 4 N–H and O–H groups in total. The highest BCUT2D eigenvalue weighted by Gasteiger charge is 2.15. The summed E-state index contributed by atoms with van der Waals surface area (Å²) >= 11 is 0. The number of imidazole rings is 1. The van der Waals surface area contributed by atoms with Crippen molar-refractivity contribution in [1.29, 1.82) is 0 Å². The highest BCUT2D eigenvalue weighted by atomic mass is 35.5. The molecule has 3 aromatic rings. The molecule has 0 amide bonds. The summed E-state index contributed by atoms with van der Waals surface area (Å²) in [5, 5.41) is 21.8. The highest BCUT2D eigenvalue weighted by molar-refractivity contribution is 5.69. The van der Waals surface area contributed by atoms with Crippen LogP contribution in [-0.4, -0.2) is 42.0 Å². The predicted molar refractivity (Wildman–Crippen MR) is 99.7 cm³/mol. The van der Waals surface area contributed by atoms with Gasteiger partial charge in [0.2, 0.25) is 0 Å². The van der Waals surface area contributed by atoms with Gasteiger partial charge in [-0.15, -0.1) is 0 Å². The molecule has 0 saturated heterocycles. The van der Waals surface area contributed by atoms with Crippen LogP contribution in [0.25, 0.3) is 11.2 Å². The number of benzene rings is 1. The molecular formula is C18H24ClN5O4. The first kappa shape index (κ1) is 21.7. The van der Waals surface area contributed by atoms with E-state index in [1.807, 2.05) is 5.32 Å². The molecule has 152 valence electrons. The van der Waals surface area contributed by atoms with E-state index in [1.165, 1.54) is 11.6 Å². The largest absolute Gasteiger partial charge is 1.00 e. The fourth-order valence-corrected chi connectivity index (χ4v) is 3.09. The Labute approximate surface area is 167 Å². The van der Waals surface area contributed by atoms with E-state index in [4.69, 9.17) is 0 Å². The maximum atomic E-state index is 12.4. The molecule has 10 heteroatoms. The van der Waals surface area contributed by atoms with E-state index in [1.54, 1.807) is 43.1 Å². The SMILES string of the molecule is Cc1cc(C(O)C[NH2+]CCn2cnc3c2c(=O)n(C)c(=O)n3C)ccc1O.[Cl-]. The zero-order chi connectivity index (χ0) is 19.7. The number of phenolic OH excluding ortho intramolecular Hbond substituents is 1. The zero-order valence-corrected chi connectivity index (χ0v) is 16.7. The van der Waals surface area contributed by atoms with Crippen LogP contribution >= 0.6 is 0 Å². The normalized spacial score (nSPS) is 12.1. The summed E-state index contributed by atoms with van der Waals surface area (Å²) in [6.07, 6.45) is 0.900. The summed E-state index contributed by atoms with van der Waals surface area (Å²) in [6.45, 7) is 3.39. The summed E-state index contributed by atoms with van der Waals surface area (Å²) in [6, 6.07) is 5.04. The fourth-order valence-electron chi connectivity index (χ4n) is 3.09. The quantitative estimate of drug-likeness (QED) is 0.356. The van der Waals surface area contributed by atoms with Crippen molar-refractivity contribution in [1.82, 2.24) is 18.7 Å². The van der Waals surface area contributed by atoms with E-state index >= 15 is 0 Å². The number of hydrogen-bond acceptors (Lipinski definition) is 5. The standard InChI is InChI=1S/C18H23N5O4.ClH/c1-11-8-12(4-5-13(11)24)14(25)9-19-6-7-23-10-20-16-15(23)17(26)22(3)18(27)21(16)2;/h4-5,8,10,14,19,24-25H,6-7,9H2,1-3H3;1H. The van der Waals surface area contributed by atoms with Crippen LogP contribution in [0.2, 0.25) is 0 Å². The number of fused-ring (bicyclic) bond motifs is 1. The lowest BCUT2D eigenvalue weighted by Crippen LogP contribution is -3.00. The summed E-state index contributed by atoms with van der Waals surface area (Å²) < 4.78 is 4.15. The summed E-state index contributed by atoms with van der Waals surface area (Å²) in [5.74, 6) is 0.206. The Balaban J connectivity index is 0.00000280. The number of quaternary nitrogens is 1. The fraction of sp³-hybridized carbons (Fsp3) is 0.389. The Kier molecular flexibility index (Phi) is 6.65. The number of halogens is 1. The topological polar surface area (TPSA) is 119 Å². The molecule has 1 atom stereocenters. The average Bonchev–Trinajstić information content (AvgIpc) is 3.08. The predicted octanol–water partition coefficient (Wildman–Crippen LogP) is -4.25. The Morgan fingerprint density at radius 3 is 2.61 bits per heavy atom. The van der Waals surface area contributed by atoms with E-state index < -0.39 is 11.8 Å². The third-order valence-electron chi connectivity index (χ3n) is 4.79. The number of rotatable bonds is 6. The van der Waals surface area contributed by atoms with Gasteiger partial charge in [0.05, 0.1) is 19.4 Å². The van der Waals surface area contributed by atoms with Gasteiger partial charge in [-0.2, -0.15) is 0 Å². The van der Waals surface area contributed by atoms with Crippen LogP contribution in [-0.2, 0) is 20.6 Å². The van der Waals surface area contributed by atoms with Gasteiger partial charge in [0.15, 0.2) is 11.2 Å². The zero-order valence-electron chi connectivity index (χ0n) is 16.0. The first-order chi connectivity index (χ1) is 12.8. The third-order valence-corrected chi connectivity index (χ3v) is 4.79. The number of aliphatic hydroxyl groups excluding tert-OH is 1. The maximum absolute atomic E-state index is 12.4. The molecule has 0 saturated carbocycles. The van der Waals surface area contributed by atoms with Gasteiger partial charge in [-0.3, -0.25) is 13.9 Å². The van der Waals surface area contributed by atoms with Gasteiger partial charge in [0.25, 0.3) is 5.56 Å². The lowest BCUT2D eigenvalue weighted by molar-refractivity contribution is -0.662. The number of aryl methyl sites for hydroxylation is 2. The van der Waals surface area contributed by atoms with E-state index in [9.17, 15) is 19.8 Å². The summed E-state index contributed by atoms with van der Waals surface area (Å²) in [5.41, 5.74) is 1.45. The molecule has 2 aromatic heterocycles. The van der Waals surface area contributed by atoms with E-state index in [0.29, 0.717) is 30.8 Å². The third kappa shape index (κ3) is 3.96. The number of phenols is 1. The Morgan fingerprint density at radius 1 is 1.21 bits per heavy atom. The molecule has 9 nitrogen and oxygen atoms in total. The van der Waals surface area contributed by atoms with Gasteiger partial charge in [0.1, 0.15) is 18.4 Å². The second-order valence-electron chi connectivity index (χ2n) is 6.69. The van der Waals surface area contributed by atoms with Crippen molar-refractivity contribution in [2.75, 3.05) is 13.1 Å². The van der Waals surface area contributed by atoms with Crippen molar-refractivity contribution < 1.29 is 27.9 Å². The summed E-state index contributed by atoms with van der Waals surface area (Å²) in [7, 11) is 3.03. The second-order valence-corrected chi connectivity index (χ2v) is 6.69. The molecular weight excluding hydrogens is 386 g/mol. The van der Waals surface area contributed by atoms with E-state index in [2.05, 4.69) is 4.98 Å². The number of nitrogens with zero attached hydrogens (tertiary/aromatic N) is 4. The molecule has 0 spiro atoms. The number of nitrogens with two attached hydrogens (primary N) is 1. The highest BCUT2D eigenvalue weighted by Crippen LogP contribution is 2.20. The van der Waals surface area contributed by atoms with Crippen LogP contribution in [0.5, 0.6) is 5.75 Å². The Bertz CT molecular complexity index is 1100. The van der Waals surface area contributed by atoms with Crippen LogP contribution < -0.4 is 29.0 Å².